The zero-order valence-electron chi connectivity index (χ0n) is 31.0. The Labute approximate surface area is 310 Å². The van der Waals surface area contributed by atoms with Crippen LogP contribution < -0.4 is 10.9 Å². The Morgan fingerprint density at radius 1 is 0.400 bits per heavy atom. The maximum atomic E-state index is 15.1. The Morgan fingerprint density at radius 2 is 0.655 bits per heavy atom. The molecule has 0 saturated carbocycles. The third kappa shape index (κ3) is 8.99. The van der Waals surface area contributed by atoms with E-state index in [0.717, 1.165) is 12.1 Å². The van der Waals surface area contributed by atoms with Crippen molar-refractivity contribution in [3.05, 3.63) is 129 Å². The Bertz CT molecular complexity index is 1880. The molecule has 0 radical (unpaired) electrons. The fourth-order valence-corrected chi connectivity index (χ4v) is 15.1. The Kier molecular flexibility index (Phi) is 13.7. The highest BCUT2D eigenvalue weighted by Gasteiger charge is 2.49. The van der Waals surface area contributed by atoms with Crippen molar-refractivity contribution in [2.75, 3.05) is 0 Å². The van der Waals surface area contributed by atoms with Gasteiger partial charge in [-0.05, 0) is 67.9 Å². The molecule has 4 rings (SSSR count). The van der Waals surface area contributed by atoms with Crippen molar-refractivity contribution in [2.24, 2.45) is 0 Å². The standard InChI is InChI=1S/C26H9BF15.C12H27P/c28-12-9(13(29)19(35)24(40)18(12)34)8(6-7-4-2-1-3-5-7)27(10-14(30)20(36)25(41)21(37)15(10)31)11-16(32)22(38)26(42)23(39)17(11)33;1-10(2,3)13(11(4,5)6)12(7,8)9/h1-5,8,27H,6H2;1-9H3/q-1;/p+1/t8-;/m1./s1. The first-order chi connectivity index (χ1) is 25.0. The van der Waals surface area contributed by atoms with Gasteiger partial charge in [-0.25, -0.2) is 65.9 Å². The monoisotopic (exact) mass is 820 g/mol. The highest BCUT2D eigenvalue weighted by atomic mass is 31.1. The fourth-order valence-electron chi connectivity index (χ4n) is 8.34. The number of benzene rings is 4. The van der Waals surface area contributed by atoms with E-state index in [1.165, 1.54) is 18.2 Å². The van der Waals surface area contributed by atoms with Crippen LogP contribution in [0.3, 0.4) is 0 Å². The zero-order valence-corrected chi connectivity index (χ0v) is 32.0. The topological polar surface area (TPSA) is 0 Å². The van der Waals surface area contributed by atoms with Crippen LogP contribution in [0.5, 0.6) is 0 Å². The first-order valence-corrected chi connectivity index (χ1v) is 18.2. The van der Waals surface area contributed by atoms with Crippen LogP contribution in [0.4, 0.5) is 65.9 Å². The SMILES string of the molecule is CC(C)(C)[PH+](C(C)(C)C)C(C)(C)C.Fc1c(F)c(F)c([BH-](c2c(F)c(F)c(F)c(F)c2F)[C@H](Cc2ccccc2)c2c(F)c(F)c(F)c(F)c2F)c(F)c1F. The van der Waals surface area contributed by atoms with E-state index in [1.54, 1.807) is 0 Å². The van der Waals surface area contributed by atoms with Crippen LogP contribution >= 0.6 is 7.92 Å². The third-order valence-electron chi connectivity index (χ3n) is 9.08. The van der Waals surface area contributed by atoms with Gasteiger partial charge in [0.2, 0.25) is 5.82 Å². The molecule has 1 atom stereocenters. The van der Waals surface area contributed by atoms with Crippen molar-refractivity contribution < 1.29 is 65.9 Å². The smallest absolute Gasteiger partial charge is 0.200 e. The second-order valence-electron chi connectivity index (χ2n) is 16.2. The molecule has 0 aliphatic rings. The van der Waals surface area contributed by atoms with Crippen LogP contribution in [-0.2, 0) is 6.42 Å². The van der Waals surface area contributed by atoms with Gasteiger partial charge in [0, 0.05) is 7.92 Å². The molecule has 4 aromatic rings. The molecule has 0 aliphatic heterocycles. The van der Waals surface area contributed by atoms with Crippen LogP contribution in [-0.4, -0.2) is 22.2 Å². The third-order valence-corrected chi connectivity index (χ3v) is 13.6. The first kappa shape index (κ1) is 45.7. The first-order valence-electron chi connectivity index (χ1n) is 16.7. The van der Waals surface area contributed by atoms with Gasteiger partial charge in [-0.3, -0.25) is 0 Å². The number of hydrogen-bond donors (Lipinski definition) is 0. The molecule has 0 N–H and O–H groups in total. The molecule has 302 valence electrons. The lowest BCUT2D eigenvalue weighted by Crippen LogP contribution is -2.55. The highest BCUT2D eigenvalue weighted by molar-refractivity contribution is 7.62. The molecule has 0 aliphatic carbocycles. The van der Waals surface area contributed by atoms with Gasteiger partial charge in [-0.15, -0.1) is 16.7 Å². The van der Waals surface area contributed by atoms with Gasteiger partial charge in [0.1, 0.15) is 23.3 Å². The van der Waals surface area contributed by atoms with Gasteiger partial charge in [-0.2, -0.15) is 0 Å². The van der Waals surface area contributed by atoms with Crippen LogP contribution in [0.15, 0.2) is 30.3 Å². The minimum absolute atomic E-state index is 0.253. The number of halogens is 15. The van der Waals surface area contributed by atoms with Gasteiger partial charge in [0.15, 0.2) is 58.2 Å². The van der Waals surface area contributed by atoms with E-state index < -0.39 is 131 Å². The van der Waals surface area contributed by atoms with E-state index in [-0.39, 0.29) is 5.56 Å². The van der Waals surface area contributed by atoms with E-state index >= 15 is 26.3 Å². The largest absolute Gasteiger partial charge is 0.207 e. The van der Waals surface area contributed by atoms with Crippen LogP contribution in [0.25, 0.3) is 0 Å². The highest BCUT2D eigenvalue weighted by Crippen LogP contribution is 2.67. The molecule has 17 heteroatoms. The van der Waals surface area contributed by atoms with Crippen molar-refractivity contribution in [1.82, 2.24) is 0 Å². The normalized spacial score (nSPS) is 13.1. The maximum Gasteiger partial charge on any atom is 0.200 e. The number of hydrogen-bond acceptors (Lipinski definition) is 0. The maximum absolute atomic E-state index is 15.1. The molecule has 0 aromatic heterocycles. The predicted molar refractivity (Wildman–Crippen MR) is 186 cm³/mol. The van der Waals surface area contributed by atoms with E-state index in [1.807, 2.05) is 0 Å². The van der Waals surface area contributed by atoms with Gasteiger partial charge in [0.25, 0.3) is 0 Å². The summed E-state index contributed by atoms with van der Waals surface area (Å²) in [5.74, 6) is -45.2. The van der Waals surface area contributed by atoms with Crippen molar-refractivity contribution >= 4 is 25.6 Å². The summed E-state index contributed by atoms with van der Waals surface area (Å²) in [6, 6.07) is 5.78. The average Bonchev–Trinajstić information content (AvgIpc) is 3.07. The van der Waals surface area contributed by atoms with Crippen LogP contribution in [0.1, 0.15) is 79.3 Å². The van der Waals surface area contributed by atoms with Gasteiger partial charge < -0.3 is 0 Å². The summed E-state index contributed by atoms with van der Waals surface area (Å²) in [4.78, 5) is 0. The minimum atomic E-state index is -4.77. The molecule has 0 heterocycles. The number of rotatable bonds is 6. The van der Waals surface area contributed by atoms with Crippen LogP contribution in [0, 0.1) is 87.3 Å². The molecule has 0 bridgehead atoms. The summed E-state index contributed by atoms with van der Waals surface area (Å²) in [6.45, 7) is 16.8. The minimum Gasteiger partial charge on any atom is -0.207 e. The molecule has 55 heavy (non-hydrogen) atoms. The summed E-state index contributed by atoms with van der Waals surface area (Å²) in [5, 5.41) is 1.46. The predicted octanol–water partition coefficient (Wildman–Crippen LogP) is 11.3. The molecule has 0 fully saturated rings. The molecular formula is C38H37BF15P. The van der Waals surface area contributed by atoms with E-state index in [0.29, 0.717) is 15.5 Å². The summed E-state index contributed by atoms with van der Waals surface area (Å²) in [5.41, 5.74) is -6.95. The summed E-state index contributed by atoms with van der Waals surface area (Å²) >= 11 is 0. The molecule has 0 nitrogen and oxygen atoms in total. The molecule has 0 unspecified atom stereocenters. The lowest BCUT2D eigenvalue weighted by molar-refractivity contribution is 0.368. The second-order valence-corrected chi connectivity index (χ2v) is 21.4. The lowest BCUT2D eigenvalue weighted by Gasteiger charge is -2.42. The van der Waals surface area contributed by atoms with Gasteiger partial charge in [0.05, 0.1) is 22.2 Å². The summed E-state index contributed by atoms with van der Waals surface area (Å²) in [6.07, 6.45) is -1.24. The summed E-state index contributed by atoms with van der Waals surface area (Å²) in [7, 11) is -0.391. The lowest BCUT2D eigenvalue weighted by atomic mass is 9.31. The van der Waals surface area contributed by atoms with E-state index in [4.69, 9.17) is 0 Å². The Balaban J connectivity index is 0.000000534. The Hall–Kier alpha value is -3.68. The van der Waals surface area contributed by atoms with E-state index in [2.05, 4.69) is 62.3 Å². The van der Waals surface area contributed by atoms with Crippen molar-refractivity contribution in [1.29, 1.82) is 0 Å². The quantitative estimate of drug-likeness (QED) is 0.0598. The van der Waals surface area contributed by atoms with Crippen molar-refractivity contribution in [3.63, 3.8) is 0 Å². The molecule has 0 spiro atoms. The van der Waals surface area contributed by atoms with E-state index in [9.17, 15) is 39.5 Å². The van der Waals surface area contributed by atoms with Gasteiger partial charge in [-0.1, -0.05) is 42.3 Å². The van der Waals surface area contributed by atoms with Crippen molar-refractivity contribution in [3.8, 4) is 0 Å². The second kappa shape index (κ2) is 16.4. The summed E-state index contributed by atoms with van der Waals surface area (Å²) < 4.78 is 218. The fraction of sp³-hybridized carbons (Fsp3) is 0.368. The van der Waals surface area contributed by atoms with Crippen LogP contribution in [0.2, 0.25) is 0 Å². The zero-order chi connectivity index (χ0) is 42.4. The molecule has 0 amide bonds. The van der Waals surface area contributed by atoms with Gasteiger partial charge >= 0.3 is 0 Å². The Morgan fingerprint density at radius 3 is 0.909 bits per heavy atom. The molecule has 4 aromatic carbocycles. The average molecular weight is 820 g/mol. The van der Waals surface area contributed by atoms with Crippen molar-refractivity contribution in [2.45, 2.75) is 90.0 Å². The molecule has 0 saturated heterocycles. The molecular weight excluding hydrogens is 783 g/mol.